The lowest BCUT2D eigenvalue weighted by Gasteiger charge is -2.28. The second kappa shape index (κ2) is 6.45. The van der Waals surface area contributed by atoms with Crippen LogP contribution >= 0.6 is 11.6 Å². The zero-order valence-corrected chi connectivity index (χ0v) is 13.6. The minimum absolute atomic E-state index is 0.412. The third-order valence-corrected chi connectivity index (χ3v) is 4.72. The SMILES string of the molecule is CC(C)c1c(CC2CCNCC2)cc(Cl)c2c1OCCO2. The van der Waals surface area contributed by atoms with E-state index in [-0.39, 0.29) is 0 Å². The van der Waals surface area contributed by atoms with Gasteiger partial charge in [-0.3, -0.25) is 0 Å². The van der Waals surface area contributed by atoms with E-state index in [0.29, 0.717) is 24.2 Å². The summed E-state index contributed by atoms with van der Waals surface area (Å²) in [5, 5.41) is 4.12. The molecule has 1 N–H and O–H groups in total. The minimum Gasteiger partial charge on any atom is -0.486 e. The molecule has 1 aromatic rings. The van der Waals surface area contributed by atoms with Gasteiger partial charge in [-0.2, -0.15) is 0 Å². The van der Waals surface area contributed by atoms with Crippen LogP contribution in [0, 0.1) is 5.92 Å². The highest BCUT2D eigenvalue weighted by atomic mass is 35.5. The standard InChI is InChI=1S/C17H24ClNO2/c1-11(2)15-13(9-12-3-5-19-6-4-12)10-14(18)16-17(15)21-8-7-20-16/h10-12,19H,3-9H2,1-2H3. The maximum Gasteiger partial charge on any atom is 0.180 e. The van der Waals surface area contributed by atoms with Crippen molar-refractivity contribution >= 4 is 11.6 Å². The average molecular weight is 310 g/mol. The van der Waals surface area contributed by atoms with E-state index in [2.05, 4.69) is 25.2 Å². The average Bonchev–Trinajstić information content (AvgIpc) is 2.48. The van der Waals surface area contributed by atoms with E-state index in [9.17, 15) is 0 Å². The van der Waals surface area contributed by atoms with Crippen molar-refractivity contribution in [3.8, 4) is 11.5 Å². The number of halogens is 1. The van der Waals surface area contributed by atoms with Gasteiger partial charge in [-0.05, 0) is 55.8 Å². The summed E-state index contributed by atoms with van der Waals surface area (Å²) in [6.07, 6.45) is 3.57. The van der Waals surface area contributed by atoms with Gasteiger partial charge >= 0.3 is 0 Å². The maximum atomic E-state index is 6.42. The zero-order valence-electron chi connectivity index (χ0n) is 12.9. The van der Waals surface area contributed by atoms with Gasteiger partial charge in [0.15, 0.2) is 11.5 Å². The molecule has 0 aliphatic carbocycles. The van der Waals surface area contributed by atoms with Crippen molar-refractivity contribution in [2.24, 2.45) is 5.92 Å². The molecule has 0 aromatic heterocycles. The zero-order chi connectivity index (χ0) is 14.8. The summed E-state index contributed by atoms with van der Waals surface area (Å²) in [4.78, 5) is 0. The highest BCUT2D eigenvalue weighted by molar-refractivity contribution is 6.32. The molecule has 0 saturated carbocycles. The van der Waals surface area contributed by atoms with Crippen molar-refractivity contribution < 1.29 is 9.47 Å². The number of ether oxygens (including phenoxy) is 2. The first-order valence-electron chi connectivity index (χ1n) is 7.98. The Labute approximate surface area is 132 Å². The van der Waals surface area contributed by atoms with Gasteiger partial charge < -0.3 is 14.8 Å². The maximum absolute atomic E-state index is 6.42. The van der Waals surface area contributed by atoms with E-state index < -0.39 is 0 Å². The van der Waals surface area contributed by atoms with Crippen LogP contribution in [-0.4, -0.2) is 26.3 Å². The number of benzene rings is 1. The highest BCUT2D eigenvalue weighted by Crippen LogP contribution is 2.45. The predicted octanol–water partition coefficient (Wildman–Crippen LogP) is 3.78. The lowest BCUT2D eigenvalue weighted by molar-refractivity contribution is 0.169. The van der Waals surface area contributed by atoms with Crippen molar-refractivity contribution in [2.45, 2.75) is 39.0 Å². The Kier molecular flexibility index (Phi) is 4.60. The van der Waals surface area contributed by atoms with Gasteiger partial charge in [0.2, 0.25) is 0 Å². The van der Waals surface area contributed by atoms with E-state index in [1.807, 2.05) is 0 Å². The molecule has 0 amide bonds. The lowest BCUT2D eigenvalue weighted by Crippen LogP contribution is -2.29. The molecule has 1 fully saturated rings. The Hall–Kier alpha value is -0.930. The number of hydrogen-bond acceptors (Lipinski definition) is 3. The van der Waals surface area contributed by atoms with E-state index in [1.54, 1.807) is 0 Å². The molecular formula is C17H24ClNO2. The van der Waals surface area contributed by atoms with Crippen LogP contribution in [0.25, 0.3) is 0 Å². The van der Waals surface area contributed by atoms with E-state index in [4.69, 9.17) is 21.1 Å². The molecule has 3 rings (SSSR count). The van der Waals surface area contributed by atoms with Crippen molar-refractivity contribution in [3.05, 3.63) is 22.2 Å². The van der Waals surface area contributed by atoms with Crippen LogP contribution in [-0.2, 0) is 6.42 Å². The molecular weight excluding hydrogens is 286 g/mol. The van der Waals surface area contributed by atoms with Gasteiger partial charge in [0.25, 0.3) is 0 Å². The topological polar surface area (TPSA) is 30.5 Å². The first-order chi connectivity index (χ1) is 10.2. The third kappa shape index (κ3) is 3.14. The van der Waals surface area contributed by atoms with Crippen LogP contribution in [0.2, 0.25) is 5.02 Å². The number of hydrogen-bond donors (Lipinski definition) is 1. The van der Waals surface area contributed by atoms with Gasteiger partial charge in [-0.15, -0.1) is 0 Å². The molecule has 2 aliphatic rings. The van der Waals surface area contributed by atoms with Gasteiger partial charge in [0.1, 0.15) is 13.2 Å². The van der Waals surface area contributed by atoms with Crippen molar-refractivity contribution in [2.75, 3.05) is 26.3 Å². The molecule has 0 unspecified atom stereocenters. The molecule has 2 heterocycles. The van der Waals surface area contributed by atoms with E-state index >= 15 is 0 Å². The fourth-order valence-electron chi connectivity index (χ4n) is 3.44. The third-order valence-electron chi connectivity index (χ3n) is 4.44. The molecule has 0 spiro atoms. The molecule has 116 valence electrons. The lowest BCUT2D eigenvalue weighted by atomic mass is 9.85. The monoisotopic (exact) mass is 309 g/mol. The van der Waals surface area contributed by atoms with Gasteiger partial charge in [0.05, 0.1) is 5.02 Å². The molecule has 4 heteroatoms. The van der Waals surface area contributed by atoms with Crippen molar-refractivity contribution in [3.63, 3.8) is 0 Å². The molecule has 0 atom stereocenters. The molecule has 21 heavy (non-hydrogen) atoms. The predicted molar refractivity (Wildman–Crippen MR) is 85.8 cm³/mol. The number of fused-ring (bicyclic) bond motifs is 1. The van der Waals surface area contributed by atoms with Crippen LogP contribution in [0.1, 0.15) is 43.7 Å². The van der Waals surface area contributed by atoms with Gasteiger partial charge in [-0.25, -0.2) is 0 Å². The first-order valence-corrected chi connectivity index (χ1v) is 8.36. The Morgan fingerprint density at radius 1 is 1.19 bits per heavy atom. The van der Waals surface area contributed by atoms with Gasteiger partial charge in [0, 0.05) is 5.56 Å². The fraction of sp³-hybridized carbons (Fsp3) is 0.647. The van der Waals surface area contributed by atoms with Crippen molar-refractivity contribution in [1.29, 1.82) is 0 Å². The number of rotatable bonds is 3. The minimum atomic E-state index is 0.412. The number of nitrogens with one attached hydrogen (secondary N) is 1. The van der Waals surface area contributed by atoms with Crippen LogP contribution in [0.15, 0.2) is 6.07 Å². The molecule has 2 aliphatic heterocycles. The Balaban J connectivity index is 1.96. The smallest absolute Gasteiger partial charge is 0.180 e. The Morgan fingerprint density at radius 2 is 1.86 bits per heavy atom. The first kappa shape index (κ1) is 15.0. The fourth-order valence-corrected chi connectivity index (χ4v) is 3.71. The second-order valence-corrected chi connectivity index (χ2v) is 6.75. The second-order valence-electron chi connectivity index (χ2n) is 6.34. The van der Waals surface area contributed by atoms with Crippen molar-refractivity contribution in [1.82, 2.24) is 5.32 Å². The quantitative estimate of drug-likeness (QED) is 0.922. The molecule has 3 nitrogen and oxygen atoms in total. The van der Waals surface area contributed by atoms with Gasteiger partial charge in [-0.1, -0.05) is 25.4 Å². The van der Waals surface area contributed by atoms with E-state index in [0.717, 1.165) is 36.9 Å². The summed E-state index contributed by atoms with van der Waals surface area (Å²) in [6, 6.07) is 2.10. The summed E-state index contributed by atoms with van der Waals surface area (Å²) in [5.41, 5.74) is 2.62. The van der Waals surface area contributed by atoms with Crippen LogP contribution in [0.3, 0.4) is 0 Å². The highest BCUT2D eigenvalue weighted by Gasteiger charge is 2.26. The summed E-state index contributed by atoms with van der Waals surface area (Å²) in [6.45, 7) is 7.87. The number of piperidine rings is 1. The Bertz CT molecular complexity index is 510. The molecule has 0 bridgehead atoms. The normalized spacial score (nSPS) is 19.0. The summed E-state index contributed by atoms with van der Waals surface area (Å²) in [5.74, 6) is 2.77. The van der Waals surface area contributed by atoms with Crippen LogP contribution in [0.4, 0.5) is 0 Å². The summed E-state index contributed by atoms with van der Waals surface area (Å²) >= 11 is 6.42. The molecule has 1 saturated heterocycles. The van der Waals surface area contributed by atoms with Crippen LogP contribution < -0.4 is 14.8 Å². The molecule has 0 radical (unpaired) electrons. The largest absolute Gasteiger partial charge is 0.486 e. The van der Waals surface area contributed by atoms with Crippen LogP contribution in [0.5, 0.6) is 11.5 Å². The Morgan fingerprint density at radius 3 is 2.52 bits per heavy atom. The summed E-state index contributed by atoms with van der Waals surface area (Å²) < 4.78 is 11.6. The van der Waals surface area contributed by atoms with E-state index in [1.165, 1.54) is 24.0 Å². The molecule has 1 aromatic carbocycles. The summed E-state index contributed by atoms with van der Waals surface area (Å²) in [7, 11) is 0.